The molecule has 0 aliphatic heterocycles. The van der Waals surface area contributed by atoms with Crippen LogP contribution >= 0.6 is 11.8 Å². The lowest BCUT2D eigenvalue weighted by molar-refractivity contribution is -0.393. The fraction of sp³-hybridized carbons (Fsp3) is 0.0556. The van der Waals surface area contributed by atoms with E-state index in [1.165, 1.54) is 29.6 Å². The standard InChI is InChI=1S/C18H14N4O5S/c1-12-2-6-15(7-3-12)28-18-9-5-14(27-18)11-19-20-16-8-4-13(21(23)24)10-17(16)22(25)26/h2-11,20H,1H3/b19-11-. The average molecular weight is 398 g/mol. The van der Waals surface area contributed by atoms with E-state index < -0.39 is 15.5 Å². The van der Waals surface area contributed by atoms with Gasteiger partial charge in [-0.3, -0.25) is 25.7 Å². The van der Waals surface area contributed by atoms with Crippen LogP contribution in [0.15, 0.2) is 74.1 Å². The van der Waals surface area contributed by atoms with Crippen molar-refractivity contribution in [1.82, 2.24) is 0 Å². The van der Waals surface area contributed by atoms with E-state index in [-0.39, 0.29) is 11.4 Å². The normalized spacial score (nSPS) is 10.9. The molecule has 0 bridgehead atoms. The molecule has 3 aromatic rings. The first-order valence-electron chi connectivity index (χ1n) is 7.98. The van der Waals surface area contributed by atoms with Gasteiger partial charge in [0.05, 0.1) is 22.1 Å². The van der Waals surface area contributed by atoms with Crippen molar-refractivity contribution >= 4 is 35.0 Å². The smallest absolute Gasteiger partial charge is 0.301 e. The summed E-state index contributed by atoms with van der Waals surface area (Å²) in [5.41, 5.74) is 2.90. The zero-order valence-corrected chi connectivity index (χ0v) is 15.4. The molecule has 0 saturated carbocycles. The minimum absolute atomic E-state index is 0.0349. The van der Waals surface area contributed by atoms with Gasteiger partial charge >= 0.3 is 5.69 Å². The van der Waals surface area contributed by atoms with E-state index in [2.05, 4.69) is 10.5 Å². The first-order valence-corrected chi connectivity index (χ1v) is 8.80. The van der Waals surface area contributed by atoms with Crippen LogP contribution in [0.25, 0.3) is 0 Å². The first-order chi connectivity index (χ1) is 13.4. The highest BCUT2D eigenvalue weighted by atomic mass is 32.2. The second-order valence-corrected chi connectivity index (χ2v) is 6.74. The molecular weight excluding hydrogens is 384 g/mol. The molecule has 0 atom stereocenters. The molecule has 0 fully saturated rings. The van der Waals surface area contributed by atoms with Crippen LogP contribution in [0.3, 0.4) is 0 Å². The van der Waals surface area contributed by atoms with Crippen LogP contribution in [0.1, 0.15) is 11.3 Å². The molecule has 0 aliphatic rings. The van der Waals surface area contributed by atoms with E-state index in [1.807, 2.05) is 31.2 Å². The number of rotatable bonds is 7. The quantitative estimate of drug-likeness (QED) is 0.337. The lowest BCUT2D eigenvalue weighted by atomic mass is 10.2. The number of hydrogen-bond donors (Lipinski definition) is 1. The van der Waals surface area contributed by atoms with Gasteiger partial charge in [-0.15, -0.1) is 0 Å². The van der Waals surface area contributed by atoms with Crippen LogP contribution in [0.2, 0.25) is 0 Å². The second kappa shape index (κ2) is 8.35. The Bertz CT molecular complexity index is 1050. The average Bonchev–Trinajstić information content (AvgIpc) is 3.10. The Morgan fingerprint density at radius 1 is 1.04 bits per heavy atom. The molecule has 0 radical (unpaired) electrons. The van der Waals surface area contributed by atoms with Gasteiger partial charge in [0.2, 0.25) is 0 Å². The molecule has 9 nitrogen and oxygen atoms in total. The van der Waals surface area contributed by atoms with Crippen molar-refractivity contribution in [2.75, 3.05) is 5.43 Å². The molecule has 0 spiro atoms. The van der Waals surface area contributed by atoms with Gasteiger partial charge in [0.1, 0.15) is 11.4 Å². The van der Waals surface area contributed by atoms with Gasteiger partial charge in [0.15, 0.2) is 5.09 Å². The third kappa shape index (κ3) is 4.74. The molecule has 10 heteroatoms. The van der Waals surface area contributed by atoms with Crippen LogP contribution in [-0.4, -0.2) is 16.1 Å². The van der Waals surface area contributed by atoms with Gasteiger partial charge in [-0.1, -0.05) is 29.5 Å². The SMILES string of the molecule is Cc1ccc(Sc2ccc(/C=N\Nc3ccc([N+](=O)[O-])cc3[N+](=O)[O-])o2)cc1. The lowest BCUT2D eigenvalue weighted by Gasteiger charge is -2.01. The summed E-state index contributed by atoms with van der Waals surface area (Å²) >= 11 is 1.46. The van der Waals surface area contributed by atoms with Gasteiger partial charge in [-0.25, -0.2) is 0 Å². The Kier molecular flexibility index (Phi) is 5.70. The molecule has 2 aromatic carbocycles. The molecule has 1 heterocycles. The predicted octanol–water partition coefficient (Wildman–Crippen LogP) is 5.00. The summed E-state index contributed by atoms with van der Waals surface area (Å²) in [4.78, 5) is 21.5. The zero-order chi connectivity index (χ0) is 20.1. The van der Waals surface area contributed by atoms with E-state index in [9.17, 15) is 20.2 Å². The number of aryl methyl sites for hydroxylation is 1. The van der Waals surface area contributed by atoms with Gasteiger partial charge in [0.25, 0.3) is 5.69 Å². The first kappa shape index (κ1) is 19.1. The Morgan fingerprint density at radius 3 is 2.46 bits per heavy atom. The van der Waals surface area contributed by atoms with Gasteiger partial charge in [-0.05, 0) is 37.3 Å². The number of nitrogens with one attached hydrogen (secondary N) is 1. The Balaban J connectivity index is 1.68. The molecule has 1 N–H and O–H groups in total. The molecule has 142 valence electrons. The third-order valence-corrected chi connectivity index (χ3v) is 4.54. The predicted molar refractivity (Wildman–Crippen MR) is 105 cm³/mol. The number of nitrogens with zero attached hydrogens (tertiary/aromatic N) is 3. The van der Waals surface area contributed by atoms with Crippen molar-refractivity contribution in [3.8, 4) is 0 Å². The van der Waals surface area contributed by atoms with E-state index in [0.29, 0.717) is 10.9 Å². The number of hydrogen-bond acceptors (Lipinski definition) is 8. The summed E-state index contributed by atoms with van der Waals surface area (Å²) in [6.07, 6.45) is 1.37. The topological polar surface area (TPSA) is 124 Å². The summed E-state index contributed by atoms with van der Waals surface area (Å²) in [6, 6.07) is 14.8. The molecule has 3 rings (SSSR count). The maximum atomic E-state index is 11.1. The van der Waals surface area contributed by atoms with Crippen LogP contribution in [0.4, 0.5) is 17.1 Å². The van der Waals surface area contributed by atoms with E-state index in [0.717, 1.165) is 17.0 Å². The number of benzene rings is 2. The minimum Gasteiger partial charge on any atom is -0.448 e. The van der Waals surface area contributed by atoms with Gasteiger partial charge in [-0.2, -0.15) is 5.10 Å². The monoisotopic (exact) mass is 398 g/mol. The summed E-state index contributed by atoms with van der Waals surface area (Å²) in [7, 11) is 0. The largest absolute Gasteiger partial charge is 0.448 e. The fourth-order valence-corrected chi connectivity index (χ4v) is 3.00. The molecule has 0 aliphatic carbocycles. The van der Waals surface area contributed by atoms with Crippen LogP contribution in [0, 0.1) is 27.2 Å². The number of nitro benzene ring substituents is 2. The molecular formula is C18H14N4O5S. The Hall–Kier alpha value is -3.66. The fourth-order valence-electron chi connectivity index (χ4n) is 2.23. The van der Waals surface area contributed by atoms with Gasteiger partial charge in [0, 0.05) is 11.0 Å². The number of anilines is 1. The zero-order valence-electron chi connectivity index (χ0n) is 14.6. The number of nitro groups is 2. The van der Waals surface area contributed by atoms with Crippen molar-refractivity contribution in [3.05, 3.63) is 86.1 Å². The molecule has 28 heavy (non-hydrogen) atoms. The van der Waals surface area contributed by atoms with Crippen LogP contribution in [-0.2, 0) is 0 Å². The highest BCUT2D eigenvalue weighted by molar-refractivity contribution is 7.99. The minimum atomic E-state index is -0.714. The number of hydrazone groups is 1. The van der Waals surface area contributed by atoms with Crippen molar-refractivity contribution in [1.29, 1.82) is 0 Å². The molecule has 1 aromatic heterocycles. The van der Waals surface area contributed by atoms with E-state index in [1.54, 1.807) is 12.1 Å². The van der Waals surface area contributed by atoms with E-state index in [4.69, 9.17) is 4.42 Å². The second-order valence-electron chi connectivity index (χ2n) is 5.66. The maximum Gasteiger partial charge on any atom is 0.301 e. The van der Waals surface area contributed by atoms with Gasteiger partial charge < -0.3 is 4.42 Å². The van der Waals surface area contributed by atoms with Crippen LogP contribution < -0.4 is 5.43 Å². The van der Waals surface area contributed by atoms with Crippen molar-refractivity contribution < 1.29 is 14.3 Å². The third-order valence-electron chi connectivity index (χ3n) is 3.61. The Labute approximate surface area is 163 Å². The summed E-state index contributed by atoms with van der Waals surface area (Å²) in [5, 5.41) is 26.4. The highest BCUT2D eigenvalue weighted by Gasteiger charge is 2.19. The molecule has 0 saturated heterocycles. The lowest BCUT2D eigenvalue weighted by Crippen LogP contribution is -1.98. The number of non-ortho nitro benzene ring substituents is 1. The summed E-state index contributed by atoms with van der Waals surface area (Å²) < 4.78 is 5.63. The van der Waals surface area contributed by atoms with Crippen molar-refractivity contribution in [2.24, 2.45) is 5.10 Å². The van der Waals surface area contributed by atoms with Crippen molar-refractivity contribution in [2.45, 2.75) is 16.9 Å². The van der Waals surface area contributed by atoms with Crippen molar-refractivity contribution in [3.63, 3.8) is 0 Å². The highest BCUT2D eigenvalue weighted by Crippen LogP contribution is 2.30. The summed E-state index contributed by atoms with van der Waals surface area (Å²) in [5.74, 6) is 0.451. The van der Waals surface area contributed by atoms with E-state index >= 15 is 0 Å². The summed E-state index contributed by atoms with van der Waals surface area (Å²) in [6.45, 7) is 2.01. The maximum absolute atomic E-state index is 11.1. The molecule has 0 amide bonds. The van der Waals surface area contributed by atoms with Crippen LogP contribution in [0.5, 0.6) is 0 Å². The Morgan fingerprint density at radius 2 is 1.79 bits per heavy atom. The number of furan rings is 1. The molecule has 0 unspecified atom stereocenters.